The smallest absolute Gasteiger partial charge is 0.310 e. The number of carboxylic acid groups (broad SMARTS) is 1. The third-order valence-corrected chi connectivity index (χ3v) is 2.45. The number of ether oxygens (including phenoxy) is 1. The minimum absolute atomic E-state index is 0.0149. The highest BCUT2D eigenvalue weighted by Gasteiger charge is 2.16. The van der Waals surface area contributed by atoms with Crippen LogP contribution in [0.1, 0.15) is 6.92 Å². The molecule has 0 bridgehead atoms. The normalized spacial score (nSPS) is 11.4. The minimum Gasteiger partial charge on any atom is -0.481 e. The average molecular weight is 282 g/mol. The lowest BCUT2D eigenvalue weighted by Crippen LogP contribution is -2.34. The van der Waals surface area contributed by atoms with Gasteiger partial charge in [0.05, 0.1) is 10.8 Å². The number of carbonyl (C=O) groups excluding carboxylic acids is 1. The number of benzene rings is 1. The van der Waals surface area contributed by atoms with Crippen molar-refractivity contribution in [3.63, 3.8) is 0 Å². The summed E-state index contributed by atoms with van der Waals surface area (Å²) in [6.07, 6.45) is 0. The van der Waals surface area contributed by atoms with Gasteiger partial charge in [0.1, 0.15) is 0 Å². The van der Waals surface area contributed by atoms with Gasteiger partial charge in [-0.3, -0.25) is 19.7 Å². The van der Waals surface area contributed by atoms with Crippen LogP contribution >= 0.6 is 0 Å². The van der Waals surface area contributed by atoms with E-state index in [-0.39, 0.29) is 18.0 Å². The SMILES string of the molecule is CC(CNC(=O)COc1ccccc1[N+](=O)[O-])C(=O)O. The number of carbonyl (C=O) groups is 2. The summed E-state index contributed by atoms with van der Waals surface area (Å²) in [6.45, 7) is 0.997. The standard InChI is InChI=1S/C12H14N2O6/c1-8(12(16)17)6-13-11(15)7-20-10-5-3-2-4-9(10)14(18)19/h2-5,8H,6-7H2,1H3,(H,13,15)(H,16,17). The summed E-state index contributed by atoms with van der Waals surface area (Å²) in [6, 6.07) is 5.68. The Kier molecular flexibility index (Phi) is 5.45. The van der Waals surface area contributed by atoms with Gasteiger partial charge in [-0.15, -0.1) is 0 Å². The second-order valence-corrected chi connectivity index (χ2v) is 4.06. The van der Waals surface area contributed by atoms with Crippen molar-refractivity contribution in [2.24, 2.45) is 5.92 Å². The molecule has 0 aromatic heterocycles. The fourth-order valence-electron chi connectivity index (χ4n) is 1.28. The molecule has 1 aromatic rings. The summed E-state index contributed by atoms with van der Waals surface area (Å²) >= 11 is 0. The van der Waals surface area contributed by atoms with Gasteiger partial charge < -0.3 is 15.2 Å². The van der Waals surface area contributed by atoms with E-state index in [1.165, 1.54) is 25.1 Å². The molecule has 20 heavy (non-hydrogen) atoms. The number of rotatable bonds is 7. The van der Waals surface area contributed by atoms with Crippen LogP contribution in [0.25, 0.3) is 0 Å². The number of amides is 1. The van der Waals surface area contributed by atoms with Gasteiger partial charge in [0.25, 0.3) is 5.91 Å². The summed E-state index contributed by atoms with van der Waals surface area (Å²) in [7, 11) is 0. The van der Waals surface area contributed by atoms with Crippen LogP contribution in [0.4, 0.5) is 5.69 Å². The largest absolute Gasteiger partial charge is 0.481 e. The molecule has 108 valence electrons. The lowest BCUT2D eigenvalue weighted by atomic mass is 10.2. The maximum absolute atomic E-state index is 11.4. The van der Waals surface area contributed by atoms with Crippen molar-refractivity contribution in [1.29, 1.82) is 0 Å². The maximum Gasteiger partial charge on any atom is 0.310 e. The number of hydrogen-bond acceptors (Lipinski definition) is 5. The van der Waals surface area contributed by atoms with Crippen LogP contribution in [0.2, 0.25) is 0 Å². The third-order valence-electron chi connectivity index (χ3n) is 2.45. The molecule has 1 unspecified atom stereocenters. The minimum atomic E-state index is -1.02. The van der Waals surface area contributed by atoms with E-state index in [9.17, 15) is 19.7 Å². The first-order valence-electron chi connectivity index (χ1n) is 5.77. The number of nitrogens with zero attached hydrogens (tertiary/aromatic N) is 1. The molecule has 0 aliphatic carbocycles. The molecular formula is C12H14N2O6. The van der Waals surface area contributed by atoms with Crippen LogP contribution in [-0.4, -0.2) is 35.1 Å². The van der Waals surface area contributed by atoms with Gasteiger partial charge in [-0.25, -0.2) is 0 Å². The van der Waals surface area contributed by atoms with Crippen molar-refractivity contribution < 1.29 is 24.4 Å². The average Bonchev–Trinajstić information content (AvgIpc) is 2.42. The van der Waals surface area contributed by atoms with E-state index in [1.54, 1.807) is 6.07 Å². The Balaban J connectivity index is 2.49. The van der Waals surface area contributed by atoms with E-state index in [2.05, 4.69) is 5.32 Å². The maximum atomic E-state index is 11.4. The topological polar surface area (TPSA) is 119 Å². The Bertz CT molecular complexity index is 516. The zero-order valence-electron chi connectivity index (χ0n) is 10.7. The van der Waals surface area contributed by atoms with Gasteiger partial charge in [-0.1, -0.05) is 19.1 Å². The van der Waals surface area contributed by atoms with Crippen LogP contribution in [-0.2, 0) is 9.59 Å². The van der Waals surface area contributed by atoms with E-state index >= 15 is 0 Å². The summed E-state index contributed by atoms with van der Waals surface area (Å²) in [5.41, 5.74) is -0.237. The quantitative estimate of drug-likeness (QED) is 0.564. The van der Waals surface area contributed by atoms with E-state index in [0.29, 0.717) is 0 Å². The summed E-state index contributed by atoms with van der Waals surface area (Å²) in [5, 5.41) is 21.7. The first kappa shape index (κ1) is 15.4. The number of aliphatic carboxylic acids is 1. The lowest BCUT2D eigenvalue weighted by Gasteiger charge is -2.09. The molecule has 1 rings (SSSR count). The van der Waals surface area contributed by atoms with Crippen molar-refractivity contribution in [1.82, 2.24) is 5.32 Å². The fourth-order valence-corrected chi connectivity index (χ4v) is 1.28. The molecule has 2 N–H and O–H groups in total. The molecule has 0 heterocycles. The molecule has 1 aromatic carbocycles. The second kappa shape index (κ2) is 7.07. The molecular weight excluding hydrogens is 268 g/mol. The zero-order chi connectivity index (χ0) is 15.1. The molecule has 0 saturated carbocycles. The highest BCUT2D eigenvalue weighted by molar-refractivity contribution is 5.78. The van der Waals surface area contributed by atoms with E-state index in [1.807, 2.05) is 0 Å². The van der Waals surface area contributed by atoms with Crippen LogP contribution in [0.15, 0.2) is 24.3 Å². The van der Waals surface area contributed by atoms with Crippen LogP contribution in [0.3, 0.4) is 0 Å². The van der Waals surface area contributed by atoms with Crippen molar-refractivity contribution in [2.75, 3.05) is 13.2 Å². The van der Waals surface area contributed by atoms with Crippen molar-refractivity contribution in [3.8, 4) is 5.75 Å². The monoisotopic (exact) mass is 282 g/mol. The Hall–Kier alpha value is -2.64. The summed E-state index contributed by atoms with van der Waals surface area (Å²) in [4.78, 5) is 32.1. The predicted molar refractivity (Wildman–Crippen MR) is 68.4 cm³/mol. The number of carboxylic acids is 1. The first-order valence-corrected chi connectivity index (χ1v) is 5.77. The predicted octanol–water partition coefficient (Wildman–Crippen LogP) is 0.810. The van der Waals surface area contributed by atoms with Crippen LogP contribution in [0.5, 0.6) is 5.75 Å². The van der Waals surface area contributed by atoms with Crippen LogP contribution in [0, 0.1) is 16.0 Å². The number of nitro groups is 1. The van der Waals surface area contributed by atoms with Crippen LogP contribution < -0.4 is 10.1 Å². The van der Waals surface area contributed by atoms with Gasteiger partial charge in [0.15, 0.2) is 12.4 Å². The molecule has 1 atom stereocenters. The molecule has 1 amide bonds. The van der Waals surface area contributed by atoms with Gasteiger partial charge in [0, 0.05) is 12.6 Å². The first-order chi connectivity index (χ1) is 9.41. The number of nitrogens with one attached hydrogen (secondary N) is 1. The molecule has 0 aliphatic heterocycles. The third kappa shape index (κ3) is 4.56. The Morgan fingerprint density at radius 2 is 2.10 bits per heavy atom. The highest BCUT2D eigenvalue weighted by atomic mass is 16.6. The van der Waals surface area contributed by atoms with E-state index < -0.39 is 29.3 Å². The highest BCUT2D eigenvalue weighted by Crippen LogP contribution is 2.25. The number of para-hydroxylation sites is 2. The molecule has 0 fully saturated rings. The van der Waals surface area contributed by atoms with Gasteiger partial charge >= 0.3 is 11.7 Å². The zero-order valence-corrected chi connectivity index (χ0v) is 10.7. The summed E-state index contributed by atoms with van der Waals surface area (Å²) in [5.74, 6) is -2.30. The Morgan fingerprint density at radius 3 is 2.70 bits per heavy atom. The van der Waals surface area contributed by atoms with Gasteiger partial charge in [-0.2, -0.15) is 0 Å². The van der Waals surface area contributed by atoms with Crippen molar-refractivity contribution >= 4 is 17.6 Å². The molecule has 0 radical (unpaired) electrons. The van der Waals surface area contributed by atoms with Crippen molar-refractivity contribution in [2.45, 2.75) is 6.92 Å². The fraction of sp³-hybridized carbons (Fsp3) is 0.333. The number of hydrogen-bond donors (Lipinski definition) is 2. The lowest BCUT2D eigenvalue weighted by molar-refractivity contribution is -0.385. The van der Waals surface area contributed by atoms with Gasteiger partial charge in [0.2, 0.25) is 0 Å². The Morgan fingerprint density at radius 1 is 1.45 bits per heavy atom. The molecule has 8 heteroatoms. The molecule has 0 aliphatic rings. The van der Waals surface area contributed by atoms with Crippen molar-refractivity contribution in [3.05, 3.63) is 34.4 Å². The van der Waals surface area contributed by atoms with Gasteiger partial charge in [-0.05, 0) is 6.07 Å². The van der Waals surface area contributed by atoms with E-state index in [0.717, 1.165) is 0 Å². The molecule has 0 saturated heterocycles. The second-order valence-electron chi connectivity index (χ2n) is 4.06. The summed E-state index contributed by atoms with van der Waals surface area (Å²) < 4.78 is 5.05. The van der Waals surface area contributed by atoms with E-state index in [4.69, 9.17) is 9.84 Å². The Labute approximate surface area is 114 Å². The molecule has 0 spiro atoms. The molecule has 8 nitrogen and oxygen atoms in total. The number of nitro benzene ring substituents is 1.